The van der Waals surface area contributed by atoms with Crippen molar-refractivity contribution in [3.05, 3.63) is 48.6 Å². The maximum absolute atomic E-state index is 8.74. The van der Waals surface area contributed by atoms with Crippen LogP contribution in [0.25, 0.3) is 0 Å². The number of aliphatic hydroxyl groups excluding tert-OH is 1. The molecule has 0 heterocycles. The molecule has 1 aromatic rings. The Morgan fingerprint density at radius 3 is 1.88 bits per heavy atom. The second kappa shape index (κ2) is 15.4. The molecule has 0 aliphatic carbocycles. The van der Waals surface area contributed by atoms with E-state index in [1.54, 1.807) is 0 Å². The van der Waals surface area contributed by atoms with Gasteiger partial charge in [0.2, 0.25) is 0 Å². The summed E-state index contributed by atoms with van der Waals surface area (Å²) in [7, 11) is 0. The van der Waals surface area contributed by atoms with E-state index >= 15 is 0 Å². The number of hydrogen-bond donors (Lipinski definition) is 1. The van der Waals surface area contributed by atoms with E-state index in [9.17, 15) is 0 Å². The van der Waals surface area contributed by atoms with Gasteiger partial charge in [-0.25, -0.2) is 0 Å². The van der Waals surface area contributed by atoms with Gasteiger partial charge in [0, 0.05) is 19.7 Å². The van der Waals surface area contributed by atoms with Crippen molar-refractivity contribution in [3.63, 3.8) is 0 Å². The van der Waals surface area contributed by atoms with Gasteiger partial charge in [0.25, 0.3) is 0 Å². The van der Waals surface area contributed by atoms with Crippen molar-refractivity contribution in [3.8, 4) is 0 Å². The predicted molar refractivity (Wildman–Crippen MR) is 105 cm³/mol. The van der Waals surface area contributed by atoms with Gasteiger partial charge in [0.15, 0.2) is 0 Å². The number of nitrogens with zero attached hydrogens (tertiary/aromatic N) is 1. The minimum atomic E-state index is 0.354. The fourth-order valence-electron chi connectivity index (χ4n) is 3.12. The number of unbranched alkanes of at least 4 members (excludes halogenated alkanes) is 9. The van der Waals surface area contributed by atoms with Gasteiger partial charge in [0.1, 0.15) is 0 Å². The molecule has 0 amide bonds. The summed E-state index contributed by atoms with van der Waals surface area (Å²) in [6.45, 7) is 7.42. The summed E-state index contributed by atoms with van der Waals surface area (Å²) < 4.78 is 0. The van der Waals surface area contributed by atoms with Gasteiger partial charge in [-0.1, -0.05) is 87.8 Å². The van der Waals surface area contributed by atoms with Crippen molar-refractivity contribution < 1.29 is 5.11 Å². The average molecular weight is 332 g/mol. The minimum Gasteiger partial charge on any atom is -0.396 e. The molecule has 1 rings (SSSR count). The van der Waals surface area contributed by atoms with Gasteiger partial charge in [-0.3, -0.25) is 4.90 Å². The molecule has 2 heteroatoms. The summed E-state index contributed by atoms with van der Waals surface area (Å²) >= 11 is 0. The molecular weight excluding hydrogens is 294 g/mol. The van der Waals surface area contributed by atoms with Crippen LogP contribution in [-0.2, 0) is 6.54 Å². The highest BCUT2D eigenvalue weighted by Gasteiger charge is 2.03. The molecule has 0 spiro atoms. The zero-order valence-electron chi connectivity index (χ0n) is 15.5. The topological polar surface area (TPSA) is 23.5 Å². The summed E-state index contributed by atoms with van der Waals surface area (Å²) in [4.78, 5) is 2.49. The summed E-state index contributed by atoms with van der Waals surface area (Å²) in [5, 5.41) is 8.74. The Kier molecular flexibility index (Phi) is 13.4. The van der Waals surface area contributed by atoms with Crippen molar-refractivity contribution in [1.29, 1.82) is 0 Å². The lowest BCUT2D eigenvalue weighted by molar-refractivity contribution is 0.282. The van der Waals surface area contributed by atoms with E-state index in [0.29, 0.717) is 6.61 Å². The van der Waals surface area contributed by atoms with Crippen molar-refractivity contribution in [2.45, 2.75) is 70.8 Å². The zero-order valence-corrected chi connectivity index (χ0v) is 15.5. The second-order valence-corrected chi connectivity index (χ2v) is 6.77. The van der Waals surface area contributed by atoms with E-state index in [1.165, 1.54) is 69.9 Å². The number of aliphatic hydroxyl groups is 1. The molecule has 1 N–H and O–H groups in total. The fourth-order valence-corrected chi connectivity index (χ4v) is 3.12. The molecule has 0 saturated heterocycles. The lowest BCUT2D eigenvalue weighted by Gasteiger charge is -2.20. The van der Waals surface area contributed by atoms with Gasteiger partial charge in [-0.15, -0.1) is 6.58 Å². The first-order valence-electron chi connectivity index (χ1n) is 9.85. The second-order valence-electron chi connectivity index (χ2n) is 6.77. The summed E-state index contributed by atoms with van der Waals surface area (Å²) in [5.74, 6) is 0. The Balaban J connectivity index is 2.00. The largest absolute Gasteiger partial charge is 0.396 e. The molecule has 1 aromatic carbocycles. The van der Waals surface area contributed by atoms with Crippen molar-refractivity contribution in [2.75, 3.05) is 19.7 Å². The monoisotopic (exact) mass is 331 g/mol. The maximum atomic E-state index is 8.74. The Labute approximate surface area is 149 Å². The van der Waals surface area contributed by atoms with Crippen LogP contribution in [-0.4, -0.2) is 29.7 Å². The first kappa shape index (κ1) is 20.9. The molecule has 0 saturated carbocycles. The molecule has 136 valence electrons. The van der Waals surface area contributed by atoms with Gasteiger partial charge < -0.3 is 5.11 Å². The van der Waals surface area contributed by atoms with Crippen molar-refractivity contribution in [1.82, 2.24) is 4.90 Å². The molecule has 0 aromatic heterocycles. The van der Waals surface area contributed by atoms with E-state index in [4.69, 9.17) is 5.11 Å². The fraction of sp³-hybridized carbons (Fsp3) is 0.636. The van der Waals surface area contributed by atoms with Crippen LogP contribution >= 0.6 is 0 Å². The van der Waals surface area contributed by atoms with Crippen LogP contribution in [0.1, 0.15) is 69.8 Å². The SMILES string of the molecule is C=CCN(CCCCCCCCCCCCO)Cc1ccccc1. The lowest BCUT2D eigenvalue weighted by Crippen LogP contribution is -2.24. The third-order valence-corrected chi connectivity index (χ3v) is 4.52. The van der Waals surface area contributed by atoms with Gasteiger partial charge >= 0.3 is 0 Å². The Bertz CT molecular complexity index is 390. The molecule has 0 unspecified atom stereocenters. The summed E-state index contributed by atoms with van der Waals surface area (Å²) in [5.41, 5.74) is 1.39. The van der Waals surface area contributed by atoms with E-state index in [-0.39, 0.29) is 0 Å². The molecule has 0 radical (unpaired) electrons. The molecule has 0 aliphatic rings. The number of hydrogen-bond acceptors (Lipinski definition) is 2. The molecule has 0 bridgehead atoms. The Morgan fingerprint density at radius 1 is 0.792 bits per heavy atom. The van der Waals surface area contributed by atoms with Gasteiger partial charge in [0.05, 0.1) is 0 Å². The Morgan fingerprint density at radius 2 is 1.33 bits per heavy atom. The third kappa shape index (κ3) is 11.4. The molecular formula is C22H37NO. The first-order valence-corrected chi connectivity index (χ1v) is 9.85. The van der Waals surface area contributed by atoms with Crippen molar-refractivity contribution in [2.24, 2.45) is 0 Å². The molecule has 2 nitrogen and oxygen atoms in total. The van der Waals surface area contributed by atoms with Crippen LogP contribution in [0.2, 0.25) is 0 Å². The number of rotatable bonds is 16. The minimum absolute atomic E-state index is 0.354. The third-order valence-electron chi connectivity index (χ3n) is 4.52. The molecule has 0 atom stereocenters. The average Bonchev–Trinajstić information content (AvgIpc) is 2.60. The smallest absolute Gasteiger partial charge is 0.0431 e. The van der Waals surface area contributed by atoms with Crippen LogP contribution < -0.4 is 0 Å². The van der Waals surface area contributed by atoms with Crippen LogP contribution in [0.3, 0.4) is 0 Å². The highest BCUT2D eigenvalue weighted by Crippen LogP contribution is 2.12. The number of benzene rings is 1. The van der Waals surface area contributed by atoms with Gasteiger partial charge in [-0.2, -0.15) is 0 Å². The quantitative estimate of drug-likeness (QED) is 0.316. The lowest BCUT2D eigenvalue weighted by atomic mass is 10.1. The molecule has 0 fully saturated rings. The van der Waals surface area contributed by atoms with Gasteiger partial charge in [-0.05, 0) is 24.9 Å². The van der Waals surface area contributed by atoms with Crippen LogP contribution in [0, 0.1) is 0 Å². The van der Waals surface area contributed by atoms with Crippen LogP contribution in [0.4, 0.5) is 0 Å². The Hall–Kier alpha value is -1.12. The van der Waals surface area contributed by atoms with Crippen LogP contribution in [0.15, 0.2) is 43.0 Å². The maximum Gasteiger partial charge on any atom is 0.0431 e. The van der Waals surface area contributed by atoms with E-state index in [1.807, 2.05) is 6.08 Å². The van der Waals surface area contributed by atoms with Crippen molar-refractivity contribution >= 4 is 0 Å². The zero-order chi connectivity index (χ0) is 17.3. The summed E-state index contributed by atoms with van der Waals surface area (Å²) in [6.07, 6.45) is 14.9. The van der Waals surface area contributed by atoms with E-state index in [2.05, 4.69) is 41.8 Å². The van der Waals surface area contributed by atoms with Crippen LogP contribution in [0.5, 0.6) is 0 Å². The highest BCUT2D eigenvalue weighted by atomic mass is 16.2. The standard InChI is InChI=1S/C22H37NO/c1-2-18-23(21-22-16-12-11-13-17-22)19-14-9-7-5-3-4-6-8-10-15-20-24/h2,11-13,16-17,24H,1,3-10,14-15,18-21H2. The van der Waals surface area contributed by atoms with E-state index < -0.39 is 0 Å². The highest BCUT2D eigenvalue weighted by molar-refractivity contribution is 5.14. The van der Waals surface area contributed by atoms with E-state index in [0.717, 1.165) is 19.5 Å². The normalized spacial score (nSPS) is 11.1. The predicted octanol–water partition coefficient (Wildman–Crippen LogP) is 5.57. The summed E-state index contributed by atoms with van der Waals surface area (Å²) in [6, 6.07) is 10.7. The first-order chi connectivity index (χ1) is 11.9. The molecule has 0 aliphatic heterocycles. The molecule has 24 heavy (non-hydrogen) atoms.